The van der Waals surface area contributed by atoms with Crippen molar-refractivity contribution in [1.82, 2.24) is 9.62 Å². The van der Waals surface area contributed by atoms with Gasteiger partial charge in [0.2, 0.25) is 10.0 Å². The summed E-state index contributed by atoms with van der Waals surface area (Å²) in [5.74, 6) is 0.149. The summed E-state index contributed by atoms with van der Waals surface area (Å²) < 4.78 is 26.4. The monoisotopic (exact) mass is 353 g/mol. The van der Waals surface area contributed by atoms with Gasteiger partial charge in [0.05, 0.1) is 5.25 Å². The molecule has 2 N–H and O–H groups in total. The molecule has 1 aliphatic heterocycles. The Morgan fingerprint density at radius 2 is 1.96 bits per heavy atom. The molecule has 1 saturated heterocycles. The van der Waals surface area contributed by atoms with Crippen molar-refractivity contribution in [3.8, 4) is 0 Å². The molecule has 1 aromatic rings. The number of nitrogens with one attached hydrogen (secondary N) is 2. The normalized spacial score (nSPS) is 18.7. The summed E-state index contributed by atoms with van der Waals surface area (Å²) in [6.07, 6.45) is 1.81. The number of hydrogen-bond donors (Lipinski definition) is 2. The predicted octanol–water partition coefficient (Wildman–Crippen LogP) is 2.57. The molecule has 0 spiro atoms. The molecule has 1 heterocycles. The van der Waals surface area contributed by atoms with E-state index in [1.807, 2.05) is 31.2 Å². The number of aryl methyl sites for hydroxylation is 1. The van der Waals surface area contributed by atoms with E-state index in [2.05, 4.69) is 10.0 Å². The molecule has 1 atom stereocenters. The highest BCUT2D eigenvalue weighted by Crippen LogP contribution is 2.18. The molecule has 2 rings (SSSR count). The Morgan fingerprint density at radius 1 is 1.29 bits per heavy atom. The summed E-state index contributed by atoms with van der Waals surface area (Å²) >= 11 is 0. The van der Waals surface area contributed by atoms with Crippen molar-refractivity contribution >= 4 is 21.7 Å². The third-order valence-corrected chi connectivity index (χ3v) is 6.11. The summed E-state index contributed by atoms with van der Waals surface area (Å²) in [7, 11) is -3.26. The van der Waals surface area contributed by atoms with Gasteiger partial charge in [0.1, 0.15) is 0 Å². The van der Waals surface area contributed by atoms with Crippen molar-refractivity contribution in [1.29, 1.82) is 0 Å². The maximum Gasteiger partial charge on any atom is 0.321 e. The Labute approximate surface area is 144 Å². The van der Waals surface area contributed by atoms with Crippen LogP contribution in [0.4, 0.5) is 10.5 Å². The lowest BCUT2D eigenvalue weighted by Crippen LogP contribution is -2.46. The molecule has 0 aromatic heterocycles. The Bertz CT molecular complexity index is 656. The van der Waals surface area contributed by atoms with E-state index in [-0.39, 0.29) is 11.9 Å². The molecule has 1 aromatic carbocycles. The number of urea groups is 1. The largest absolute Gasteiger partial charge is 0.324 e. The lowest BCUT2D eigenvalue weighted by Gasteiger charge is -2.33. The first-order valence-corrected chi connectivity index (χ1v) is 9.93. The third kappa shape index (κ3) is 5.21. The predicted molar refractivity (Wildman–Crippen MR) is 96.6 cm³/mol. The fraction of sp³-hybridized carbons (Fsp3) is 0.588. The van der Waals surface area contributed by atoms with Crippen LogP contribution in [-0.4, -0.2) is 44.2 Å². The van der Waals surface area contributed by atoms with Crippen molar-refractivity contribution in [2.24, 2.45) is 5.92 Å². The Hall–Kier alpha value is -1.60. The number of sulfonamides is 1. The quantitative estimate of drug-likeness (QED) is 0.854. The second-order valence-electron chi connectivity index (χ2n) is 6.69. The van der Waals surface area contributed by atoms with E-state index in [9.17, 15) is 13.2 Å². The van der Waals surface area contributed by atoms with Crippen LogP contribution in [0.15, 0.2) is 24.3 Å². The summed E-state index contributed by atoms with van der Waals surface area (Å²) in [5, 5.41) is 2.46. The van der Waals surface area contributed by atoms with E-state index in [1.54, 1.807) is 18.7 Å². The van der Waals surface area contributed by atoms with Crippen molar-refractivity contribution in [2.75, 3.05) is 25.0 Å². The van der Waals surface area contributed by atoms with Gasteiger partial charge in [-0.1, -0.05) is 17.7 Å². The van der Waals surface area contributed by atoms with E-state index in [0.29, 0.717) is 19.6 Å². The van der Waals surface area contributed by atoms with E-state index >= 15 is 0 Å². The molecule has 0 bridgehead atoms. The minimum absolute atomic E-state index is 0.129. The highest BCUT2D eigenvalue weighted by atomic mass is 32.2. The summed E-state index contributed by atoms with van der Waals surface area (Å²) in [4.78, 5) is 14.1. The van der Waals surface area contributed by atoms with Crippen LogP contribution >= 0.6 is 0 Å². The molecule has 2 amide bonds. The first-order chi connectivity index (χ1) is 11.3. The van der Waals surface area contributed by atoms with Crippen LogP contribution in [0.1, 0.15) is 32.3 Å². The van der Waals surface area contributed by atoms with Gasteiger partial charge in [-0.25, -0.2) is 17.9 Å². The zero-order valence-corrected chi connectivity index (χ0v) is 15.4. The first kappa shape index (κ1) is 18.7. The Morgan fingerprint density at radius 3 is 2.58 bits per heavy atom. The van der Waals surface area contributed by atoms with Crippen LogP contribution in [0.25, 0.3) is 0 Å². The van der Waals surface area contributed by atoms with Crippen LogP contribution in [0.5, 0.6) is 0 Å². The summed E-state index contributed by atoms with van der Waals surface area (Å²) in [5.41, 5.74) is 1.91. The minimum atomic E-state index is -3.26. The van der Waals surface area contributed by atoms with E-state index in [1.165, 1.54) is 0 Å². The van der Waals surface area contributed by atoms with Gasteiger partial charge in [-0.15, -0.1) is 0 Å². The SMILES string of the molecule is Cc1ccc(NC(=O)N2CCC[C@@H](CNS(=O)(=O)C(C)C)C2)cc1. The van der Waals surface area contributed by atoms with Crippen molar-refractivity contribution in [3.63, 3.8) is 0 Å². The molecule has 1 fully saturated rings. The Kier molecular flexibility index (Phi) is 6.23. The number of anilines is 1. The van der Waals surface area contributed by atoms with Crippen molar-refractivity contribution in [2.45, 2.75) is 38.9 Å². The zero-order valence-electron chi connectivity index (χ0n) is 14.6. The van der Waals surface area contributed by atoms with Gasteiger partial charge in [-0.2, -0.15) is 0 Å². The average Bonchev–Trinajstić information content (AvgIpc) is 2.55. The smallest absolute Gasteiger partial charge is 0.321 e. The number of carbonyl (C=O) groups is 1. The van der Waals surface area contributed by atoms with E-state index in [4.69, 9.17) is 0 Å². The van der Waals surface area contributed by atoms with Gasteiger partial charge in [0.25, 0.3) is 0 Å². The summed E-state index contributed by atoms with van der Waals surface area (Å²) in [6, 6.07) is 7.54. The third-order valence-electron chi connectivity index (χ3n) is 4.30. The number of likely N-dealkylation sites (tertiary alicyclic amines) is 1. The van der Waals surface area contributed by atoms with E-state index in [0.717, 1.165) is 24.1 Å². The number of piperidine rings is 1. The first-order valence-electron chi connectivity index (χ1n) is 8.39. The van der Waals surface area contributed by atoms with Gasteiger partial charge < -0.3 is 10.2 Å². The maximum atomic E-state index is 12.4. The second-order valence-corrected chi connectivity index (χ2v) is 9.01. The minimum Gasteiger partial charge on any atom is -0.324 e. The second kappa shape index (κ2) is 7.98. The fourth-order valence-corrected chi connectivity index (χ4v) is 3.46. The molecule has 0 radical (unpaired) electrons. The van der Waals surface area contributed by atoms with Crippen LogP contribution in [0, 0.1) is 12.8 Å². The van der Waals surface area contributed by atoms with Crippen molar-refractivity contribution < 1.29 is 13.2 Å². The van der Waals surface area contributed by atoms with Crippen molar-refractivity contribution in [3.05, 3.63) is 29.8 Å². The number of benzene rings is 1. The molecular formula is C17H27N3O3S. The van der Waals surface area contributed by atoms with Gasteiger partial charge in [0, 0.05) is 25.3 Å². The average molecular weight is 353 g/mol. The molecule has 24 heavy (non-hydrogen) atoms. The lowest BCUT2D eigenvalue weighted by atomic mass is 9.99. The van der Waals surface area contributed by atoms with Gasteiger partial charge >= 0.3 is 6.03 Å². The number of rotatable bonds is 5. The number of nitrogens with zero attached hydrogens (tertiary/aromatic N) is 1. The fourth-order valence-electron chi connectivity index (χ4n) is 2.66. The highest BCUT2D eigenvalue weighted by molar-refractivity contribution is 7.90. The van der Waals surface area contributed by atoms with Crippen LogP contribution in [0.2, 0.25) is 0 Å². The molecule has 7 heteroatoms. The molecule has 0 aliphatic carbocycles. The molecule has 0 saturated carbocycles. The molecule has 134 valence electrons. The standard InChI is InChI=1S/C17H27N3O3S/c1-13(2)24(22,23)18-11-15-5-4-10-20(12-15)17(21)19-16-8-6-14(3)7-9-16/h6-9,13,15,18H,4-5,10-12H2,1-3H3,(H,19,21)/t15-/m0/s1. The molecule has 0 unspecified atom stereocenters. The Balaban J connectivity index is 1.88. The van der Waals surface area contributed by atoms with Crippen LogP contribution in [0.3, 0.4) is 0 Å². The van der Waals surface area contributed by atoms with Crippen LogP contribution < -0.4 is 10.0 Å². The van der Waals surface area contributed by atoms with Gasteiger partial charge in [0.15, 0.2) is 0 Å². The molecular weight excluding hydrogens is 326 g/mol. The maximum absolute atomic E-state index is 12.4. The molecule has 1 aliphatic rings. The zero-order chi connectivity index (χ0) is 17.7. The number of hydrogen-bond acceptors (Lipinski definition) is 3. The van der Waals surface area contributed by atoms with Gasteiger partial charge in [-0.3, -0.25) is 0 Å². The topological polar surface area (TPSA) is 78.5 Å². The molecule has 6 nitrogen and oxygen atoms in total. The number of amides is 2. The van der Waals surface area contributed by atoms with E-state index < -0.39 is 15.3 Å². The highest BCUT2D eigenvalue weighted by Gasteiger charge is 2.25. The van der Waals surface area contributed by atoms with Gasteiger partial charge in [-0.05, 0) is 51.7 Å². The summed E-state index contributed by atoms with van der Waals surface area (Å²) in [6.45, 7) is 6.96. The lowest BCUT2D eigenvalue weighted by molar-refractivity contribution is 0.178. The number of carbonyl (C=O) groups excluding carboxylic acids is 1. The van der Waals surface area contributed by atoms with Crippen LogP contribution in [-0.2, 0) is 10.0 Å².